The minimum atomic E-state index is -4.51. The Morgan fingerprint density at radius 1 is 1.10 bits per heavy atom. The third-order valence-corrected chi connectivity index (χ3v) is 7.74. The van der Waals surface area contributed by atoms with Gasteiger partial charge in [0, 0.05) is 43.9 Å². The fourth-order valence-corrected chi connectivity index (χ4v) is 5.35. The number of aromatic nitrogens is 6. The number of alkyl halides is 3. The number of methoxy groups -OCH3 is 1. The number of nitrogens with zero attached hydrogens (tertiary/aromatic N) is 7. The number of urea groups is 1. The van der Waals surface area contributed by atoms with Gasteiger partial charge in [0.15, 0.2) is 23.0 Å². The number of halogens is 3. The van der Waals surface area contributed by atoms with Crippen molar-refractivity contribution in [2.75, 3.05) is 29.3 Å². The molecule has 0 atom stereocenters. The van der Waals surface area contributed by atoms with Crippen molar-refractivity contribution >= 4 is 52.2 Å². The molecule has 0 spiro atoms. The lowest BCUT2D eigenvalue weighted by atomic mass is 10.0. The van der Waals surface area contributed by atoms with Crippen molar-refractivity contribution in [3.63, 3.8) is 0 Å². The number of carbonyl (C=O) groups is 3. The minimum absolute atomic E-state index is 0.129. The molecule has 5 heterocycles. The van der Waals surface area contributed by atoms with E-state index in [0.29, 0.717) is 28.3 Å². The summed E-state index contributed by atoms with van der Waals surface area (Å²) in [5.74, 6) is -0.835. The molecule has 0 saturated heterocycles. The fraction of sp³-hybridized carbons (Fsp3) is 0.367. The van der Waals surface area contributed by atoms with Gasteiger partial charge in [-0.1, -0.05) is 5.16 Å². The Morgan fingerprint density at radius 2 is 1.86 bits per heavy atom. The van der Waals surface area contributed by atoms with Crippen molar-refractivity contribution in [3.8, 4) is 11.3 Å². The van der Waals surface area contributed by atoms with Gasteiger partial charge in [0.05, 0.1) is 23.4 Å². The summed E-state index contributed by atoms with van der Waals surface area (Å²) in [6, 6.07) is 3.36. The lowest BCUT2D eigenvalue weighted by Gasteiger charge is -2.24. The van der Waals surface area contributed by atoms with E-state index in [4.69, 9.17) is 14.0 Å². The van der Waals surface area contributed by atoms with Gasteiger partial charge in [-0.15, -0.1) is 0 Å². The van der Waals surface area contributed by atoms with E-state index in [1.54, 1.807) is 48.2 Å². The number of rotatable bonds is 8. The number of amides is 4. The number of carboxylic acid groups (broad SMARTS) is 1. The summed E-state index contributed by atoms with van der Waals surface area (Å²) in [5, 5.41) is 18.9. The lowest BCUT2D eigenvalue weighted by molar-refractivity contribution is -0.165. The molecule has 0 aliphatic heterocycles. The van der Waals surface area contributed by atoms with E-state index in [1.807, 2.05) is 0 Å². The summed E-state index contributed by atoms with van der Waals surface area (Å²) < 4.78 is 59.3. The standard InChI is InChI=1S/C30H30F3N9O7/c1-28(2,3)48-27(46)42(26(44)45)24-21-16(14-40(11-12-47-4)23(21)35-15-36-24)18-6-5-17(22-34-9-10-41(18)22)37-25(43)38-20-13-19(49-39-20)29(7-8-29)30(31,32)33/h5-6,9-10,13-15H,7-8,11-12H2,1-4H3,(H,44,45)(H2,37,38,39,43). The van der Waals surface area contributed by atoms with Gasteiger partial charge in [0.1, 0.15) is 23.0 Å². The van der Waals surface area contributed by atoms with Crippen LogP contribution < -0.4 is 15.5 Å². The maximum atomic E-state index is 13.5. The molecule has 1 saturated carbocycles. The Morgan fingerprint density at radius 3 is 2.51 bits per heavy atom. The van der Waals surface area contributed by atoms with E-state index in [9.17, 15) is 32.7 Å². The number of nitrogens with one attached hydrogen (secondary N) is 2. The molecule has 1 aliphatic carbocycles. The molecule has 49 heavy (non-hydrogen) atoms. The molecule has 6 rings (SSSR count). The highest BCUT2D eigenvalue weighted by Crippen LogP contribution is 2.59. The van der Waals surface area contributed by atoms with E-state index >= 15 is 0 Å². The monoisotopic (exact) mass is 685 g/mol. The Balaban J connectivity index is 1.37. The molecular weight excluding hydrogens is 655 g/mol. The van der Waals surface area contributed by atoms with Crippen LogP contribution in [0.3, 0.4) is 0 Å². The van der Waals surface area contributed by atoms with E-state index in [2.05, 4.69) is 30.7 Å². The smallest absolute Gasteiger partial charge is 0.425 e. The predicted molar refractivity (Wildman–Crippen MR) is 166 cm³/mol. The van der Waals surface area contributed by atoms with Crippen molar-refractivity contribution < 1.29 is 46.7 Å². The Bertz CT molecular complexity index is 2080. The number of ether oxygens (including phenoxy) is 2. The van der Waals surface area contributed by atoms with Crippen molar-refractivity contribution in [2.45, 2.75) is 57.3 Å². The Kier molecular flexibility index (Phi) is 8.17. The quantitative estimate of drug-likeness (QED) is 0.173. The highest BCUT2D eigenvalue weighted by atomic mass is 19.4. The third-order valence-electron chi connectivity index (χ3n) is 7.74. The van der Waals surface area contributed by atoms with Gasteiger partial charge in [0.25, 0.3) is 0 Å². The fourth-order valence-electron chi connectivity index (χ4n) is 5.35. The number of pyridine rings is 1. The van der Waals surface area contributed by atoms with Gasteiger partial charge in [-0.2, -0.15) is 18.1 Å². The molecule has 3 N–H and O–H groups in total. The van der Waals surface area contributed by atoms with Crippen molar-refractivity contribution in [2.24, 2.45) is 0 Å². The van der Waals surface area contributed by atoms with Crippen LogP contribution >= 0.6 is 0 Å². The molecular formula is C30H30F3N9O7. The number of fused-ring (bicyclic) bond motifs is 2. The summed E-state index contributed by atoms with van der Waals surface area (Å²) in [4.78, 5) is 51.8. The van der Waals surface area contributed by atoms with Crippen LogP contribution in [0.4, 0.5) is 44.9 Å². The number of carbonyl (C=O) groups excluding carboxylic acids is 2. The van der Waals surface area contributed by atoms with Gasteiger partial charge in [-0.3, -0.25) is 9.72 Å². The second-order valence-corrected chi connectivity index (χ2v) is 12.2. The molecule has 0 aromatic carbocycles. The normalized spacial score (nSPS) is 14.2. The number of imidazole rings is 1. The molecule has 1 aliphatic rings. The number of hydrogen-bond donors (Lipinski definition) is 3. The van der Waals surface area contributed by atoms with Crippen LogP contribution in [0.1, 0.15) is 39.4 Å². The van der Waals surface area contributed by atoms with E-state index in [1.165, 1.54) is 19.4 Å². The number of imide groups is 1. The molecule has 1 fully saturated rings. The van der Waals surface area contributed by atoms with Crippen LogP contribution in [0.2, 0.25) is 0 Å². The SMILES string of the molecule is COCCn1cc(-c2ccc(NC(=O)Nc3cc(C4(C(F)(F)F)CC4)on3)c3nccn23)c2c(N(C(=O)O)C(=O)OC(C)(C)C)ncnc21. The maximum Gasteiger partial charge on any atom is 0.425 e. The van der Waals surface area contributed by atoms with Crippen LogP contribution in [-0.4, -0.2) is 77.9 Å². The highest BCUT2D eigenvalue weighted by molar-refractivity contribution is 6.15. The lowest BCUT2D eigenvalue weighted by Crippen LogP contribution is -2.40. The van der Waals surface area contributed by atoms with Crippen LogP contribution in [0, 0.1) is 0 Å². The third kappa shape index (κ3) is 6.19. The Hall–Kier alpha value is -5.72. The topological polar surface area (TPSA) is 191 Å². The van der Waals surface area contributed by atoms with Gasteiger partial charge in [-0.25, -0.2) is 29.3 Å². The van der Waals surface area contributed by atoms with E-state index in [0.717, 1.165) is 12.4 Å². The summed E-state index contributed by atoms with van der Waals surface area (Å²) in [6.45, 7) is 5.38. The van der Waals surface area contributed by atoms with E-state index < -0.39 is 35.4 Å². The van der Waals surface area contributed by atoms with Gasteiger partial charge < -0.3 is 29.0 Å². The maximum absolute atomic E-state index is 13.5. The second-order valence-electron chi connectivity index (χ2n) is 12.2. The first-order valence-electron chi connectivity index (χ1n) is 14.8. The highest BCUT2D eigenvalue weighted by Gasteiger charge is 2.67. The molecule has 0 radical (unpaired) electrons. The zero-order valence-electron chi connectivity index (χ0n) is 26.5. The first kappa shape index (κ1) is 33.2. The van der Waals surface area contributed by atoms with Crippen LogP contribution in [-0.2, 0) is 21.4 Å². The first-order chi connectivity index (χ1) is 23.1. The predicted octanol–water partition coefficient (Wildman–Crippen LogP) is 6.04. The second kappa shape index (κ2) is 12.1. The van der Waals surface area contributed by atoms with Crippen molar-refractivity contribution in [1.29, 1.82) is 0 Å². The summed E-state index contributed by atoms with van der Waals surface area (Å²) in [5.41, 5.74) is -1.49. The average Bonchev–Trinajstić information content (AvgIpc) is 3.31. The molecule has 16 nitrogen and oxygen atoms in total. The summed E-state index contributed by atoms with van der Waals surface area (Å²) in [7, 11) is 1.52. The first-order valence-corrected chi connectivity index (χ1v) is 14.8. The zero-order valence-corrected chi connectivity index (χ0v) is 26.5. The van der Waals surface area contributed by atoms with Crippen LogP contribution in [0.25, 0.3) is 27.9 Å². The van der Waals surface area contributed by atoms with Crippen LogP contribution in [0.5, 0.6) is 0 Å². The molecule has 19 heteroatoms. The molecule has 5 aromatic heterocycles. The van der Waals surface area contributed by atoms with Gasteiger partial charge in [0.2, 0.25) is 0 Å². The van der Waals surface area contributed by atoms with Crippen molar-refractivity contribution in [1.82, 2.24) is 29.1 Å². The molecule has 5 aromatic rings. The zero-order chi connectivity index (χ0) is 35.3. The molecule has 0 bridgehead atoms. The van der Waals surface area contributed by atoms with E-state index in [-0.39, 0.29) is 53.6 Å². The average molecular weight is 686 g/mol. The largest absolute Gasteiger partial charge is 0.464 e. The molecule has 258 valence electrons. The molecule has 0 unspecified atom stereocenters. The van der Waals surface area contributed by atoms with Crippen LogP contribution in [0.15, 0.2) is 47.6 Å². The van der Waals surface area contributed by atoms with Crippen molar-refractivity contribution in [3.05, 3.63) is 48.9 Å². The van der Waals surface area contributed by atoms with Gasteiger partial charge in [-0.05, 0) is 45.7 Å². The summed E-state index contributed by atoms with van der Waals surface area (Å²) in [6.07, 6.45) is -1.68. The Labute approximate surface area is 274 Å². The summed E-state index contributed by atoms with van der Waals surface area (Å²) >= 11 is 0. The van der Waals surface area contributed by atoms with Gasteiger partial charge >= 0.3 is 24.4 Å². The number of hydrogen-bond acceptors (Lipinski definition) is 10. The number of anilines is 3. The molecule has 4 amide bonds. The minimum Gasteiger partial charge on any atom is -0.464 e.